The third kappa shape index (κ3) is 32.9. The number of hydrogen-bond donors (Lipinski definition) is 7. The lowest BCUT2D eigenvalue weighted by Gasteiger charge is -2.40. The van der Waals surface area contributed by atoms with Gasteiger partial charge in [-0.1, -0.05) is 237 Å². The van der Waals surface area contributed by atoms with E-state index in [1.54, 1.807) is 6.08 Å². The Morgan fingerprint density at radius 3 is 1.38 bits per heavy atom. The number of amides is 1. The summed E-state index contributed by atoms with van der Waals surface area (Å²) in [5, 5.41) is 64.8. The largest absolute Gasteiger partial charge is 0.394 e. The van der Waals surface area contributed by atoms with Crippen molar-refractivity contribution in [3.8, 4) is 0 Å². The number of carbonyl (C=O) groups excluding carboxylic acids is 1. The molecule has 7 N–H and O–H groups in total. The number of hydrogen-bond acceptors (Lipinski definition) is 9. The number of carbonyl (C=O) groups is 1. The number of unbranched alkanes of at least 4 members (excludes halogenated alkanes) is 32. The molecule has 0 aliphatic carbocycles. The van der Waals surface area contributed by atoms with E-state index in [4.69, 9.17) is 9.47 Å². The minimum absolute atomic E-state index is 0.308. The summed E-state index contributed by atoms with van der Waals surface area (Å²) in [5.41, 5.74) is 0. The van der Waals surface area contributed by atoms with Crippen LogP contribution in [0.25, 0.3) is 0 Å². The molecule has 10 nitrogen and oxygen atoms in total. The van der Waals surface area contributed by atoms with Crippen LogP contribution in [-0.4, -0.2) is 98.7 Å². The van der Waals surface area contributed by atoms with E-state index >= 15 is 0 Å². The van der Waals surface area contributed by atoms with Gasteiger partial charge in [0.15, 0.2) is 6.29 Å². The second kappa shape index (κ2) is 43.2. The van der Waals surface area contributed by atoms with Crippen LogP contribution in [0.4, 0.5) is 0 Å². The molecule has 1 rings (SSSR count). The van der Waals surface area contributed by atoms with Crippen molar-refractivity contribution >= 4 is 5.91 Å². The van der Waals surface area contributed by atoms with E-state index in [1.807, 2.05) is 6.08 Å². The van der Waals surface area contributed by atoms with E-state index in [-0.39, 0.29) is 6.61 Å². The Morgan fingerprint density at radius 2 is 0.937 bits per heavy atom. The Balaban J connectivity index is 2.30. The van der Waals surface area contributed by atoms with Crippen LogP contribution in [0.3, 0.4) is 0 Å². The van der Waals surface area contributed by atoms with Crippen molar-refractivity contribution in [3.05, 3.63) is 24.3 Å². The Morgan fingerprint density at radius 1 is 0.540 bits per heavy atom. The van der Waals surface area contributed by atoms with Gasteiger partial charge in [0.2, 0.25) is 5.91 Å². The van der Waals surface area contributed by atoms with Crippen molar-refractivity contribution in [2.75, 3.05) is 13.2 Å². The monoisotopic (exact) mass is 896 g/mol. The maximum Gasteiger partial charge on any atom is 0.249 e. The van der Waals surface area contributed by atoms with Crippen molar-refractivity contribution in [1.29, 1.82) is 0 Å². The Kier molecular flexibility index (Phi) is 40.9. The van der Waals surface area contributed by atoms with Gasteiger partial charge in [0.25, 0.3) is 0 Å². The molecule has 0 aromatic rings. The summed E-state index contributed by atoms with van der Waals surface area (Å²) in [5.74, 6) is -0.622. The average Bonchev–Trinajstić information content (AvgIpc) is 3.28. The SMILES string of the molecule is CCCCCCCCCCC/C=C/CC/C=C/C(O)C(COC1OC(CO)C(O)C(O)C1O)NC(=O)C(O)CCCCCCCCCCCCCCCCCCCCCCCCC. The molecule has 63 heavy (non-hydrogen) atoms. The number of allylic oxidation sites excluding steroid dienone is 3. The maximum atomic E-state index is 13.1. The lowest BCUT2D eigenvalue weighted by atomic mass is 9.99. The lowest BCUT2D eigenvalue weighted by molar-refractivity contribution is -0.302. The number of rotatable bonds is 45. The summed E-state index contributed by atoms with van der Waals surface area (Å²) >= 11 is 0. The van der Waals surface area contributed by atoms with E-state index in [2.05, 4.69) is 31.3 Å². The van der Waals surface area contributed by atoms with Crippen LogP contribution in [0, 0.1) is 0 Å². The van der Waals surface area contributed by atoms with E-state index in [0.717, 1.165) is 38.5 Å². The molecule has 1 heterocycles. The molecule has 372 valence electrons. The normalized spacial score (nSPS) is 20.8. The van der Waals surface area contributed by atoms with Crippen LogP contribution < -0.4 is 5.32 Å². The van der Waals surface area contributed by atoms with E-state index in [9.17, 15) is 35.4 Å². The topological polar surface area (TPSA) is 169 Å². The summed E-state index contributed by atoms with van der Waals surface area (Å²) in [6, 6.07) is -0.993. The van der Waals surface area contributed by atoms with Crippen molar-refractivity contribution in [1.82, 2.24) is 5.32 Å². The second-order valence-corrected chi connectivity index (χ2v) is 18.8. The molecule has 1 fully saturated rings. The molecule has 1 amide bonds. The molecule has 1 aliphatic heterocycles. The minimum Gasteiger partial charge on any atom is -0.394 e. The zero-order valence-corrected chi connectivity index (χ0v) is 40.7. The number of aliphatic hydroxyl groups excluding tert-OH is 6. The Hall–Kier alpha value is -1.37. The summed E-state index contributed by atoms with van der Waals surface area (Å²) in [7, 11) is 0. The molecule has 8 unspecified atom stereocenters. The van der Waals surface area contributed by atoms with Gasteiger partial charge in [-0.2, -0.15) is 0 Å². The Bertz CT molecular complexity index is 1060. The molecule has 0 bridgehead atoms. The van der Waals surface area contributed by atoms with Crippen molar-refractivity contribution in [3.63, 3.8) is 0 Å². The van der Waals surface area contributed by atoms with E-state index in [0.29, 0.717) is 12.8 Å². The fraction of sp³-hybridized carbons (Fsp3) is 0.906. The third-order valence-electron chi connectivity index (χ3n) is 12.9. The zero-order chi connectivity index (χ0) is 46.0. The standard InChI is InChI=1S/C53H101NO9/c1-3-5-7-9-11-13-15-17-19-20-21-22-23-24-25-26-28-30-32-34-36-38-40-42-47(57)52(61)54-45(44-62-53-51(60)50(59)49(58)48(43-55)63-53)46(56)41-39-37-35-33-31-29-27-18-16-14-12-10-8-6-4-2/h31,33,39,41,45-51,53,55-60H,3-30,32,34-38,40,42-44H2,1-2H3,(H,54,61)/b33-31+,41-39+. The first-order valence-electron chi connectivity index (χ1n) is 26.7. The number of nitrogens with one attached hydrogen (secondary N) is 1. The van der Waals surface area contributed by atoms with Gasteiger partial charge in [0.1, 0.15) is 30.5 Å². The predicted molar refractivity (Wildman–Crippen MR) is 260 cm³/mol. The van der Waals surface area contributed by atoms with Gasteiger partial charge in [0.05, 0.1) is 25.4 Å². The molecular formula is C53H101NO9. The van der Waals surface area contributed by atoms with Crippen LogP contribution in [0.2, 0.25) is 0 Å². The summed E-state index contributed by atoms with van der Waals surface area (Å²) < 4.78 is 11.2. The molecule has 0 aromatic heterocycles. The first-order chi connectivity index (χ1) is 30.8. The maximum absolute atomic E-state index is 13.1. The number of aliphatic hydroxyl groups is 6. The summed E-state index contributed by atoms with van der Waals surface area (Å²) in [4.78, 5) is 13.1. The third-order valence-corrected chi connectivity index (χ3v) is 12.9. The molecule has 0 aromatic carbocycles. The van der Waals surface area contributed by atoms with Crippen LogP contribution in [0.15, 0.2) is 24.3 Å². The van der Waals surface area contributed by atoms with Gasteiger partial charge in [-0.3, -0.25) is 4.79 Å². The molecule has 0 radical (unpaired) electrons. The predicted octanol–water partition coefficient (Wildman–Crippen LogP) is 11.2. The second-order valence-electron chi connectivity index (χ2n) is 18.8. The lowest BCUT2D eigenvalue weighted by Crippen LogP contribution is -2.60. The van der Waals surface area contributed by atoms with Gasteiger partial charge < -0.3 is 45.4 Å². The fourth-order valence-electron chi connectivity index (χ4n) is 8.53. The molecule has 1 saturated heterocycles. The van der Waals surface area contributed by atoms with Crippen LogP contribution >= 0.6 is 0 Å². The average molecular weight is 896 g/mol. The van der Waals surface area contributed by atoms with Crippen molar-refractivity contribution in [2.24, 2.45) is 0 Å². The smallest absolute Gasteiger partial charge is 0.249 e. The molecule has 1 aliphatic rings. The highest BCUT2D eigenvalue weighted by molar-refractivity contribution is 5.80. The molecule has 0 spiro atoms. The van der Waals surface area contributed by atoms with Crippen molar-refractivity contribution < 1.29 is 44.9 Å². The minimum atomic E-state index is -1.61. The fourth-order valence-corrected chi connectivity index (χ4v) is 8.53. The van der Waals surface area contributed by atoms with Gasteiger partial charge in [-0.15, -0.1) is 0 Å². The summed E-state index contributed by atoms with van der Waals surface area (Å²) in [6.45, 7) is 3.61. The Labute approximate surface area is 386 Å². The van der Waals surface area contributed by atoms with E-state index < -0.39 is 61.5 Å². The van der Waals surface area contributed by atoms with Gasteiger partial charge in [-0.05, 0) is 32.1 Å². The highest BCUT2D eigenvalue weighted by atomic mass is 16.7. The van der Waals surface area contributed by atoms with Gasteiger partial charge in [0, 0.05) is 0 Å². The quantitative estimate of drug-likeness (QED) is 0.0232. The summed E-state index contributed by atoms with van der Waals surface area (Å²) in [6.07, 6.45) is 42.8. The van der Waals surface area contributed by atoms with Crippen LogP contribution in [0.1, 0.15) is 245 Å². The zero-order valence-electron chi connectivity index (χ0n) is 40.7. The molecular weight excluding hydrogens is 795 g/mol. The first kappa shape index (κ1) is 59.6. The molecule has 8 atom stereocenters. The van der Waals surface area contributed by atoms with Gasteiger partial charge in [-0.25, -0.2) is 0 Å². The van der Waals surface area contributed by atoms with Crippen LogP contribution in [0.5, 0.6) is 0 Å². The highest BCUT2D eigenvalue weighted by Gasteiger charge is 2.44. The van der Waals surface area contributed by atoms with Gasteiger partial charge >= 0.3 is 0 Å². The molecule has 10 heteroatoms. The first-order valence-corrected chi connectivity index (χ1v) is 26.7. The number of ether oxygens (including phenoxy) is 2. The molecule has 0 saturated carbocycles. The van der Waals surface area contributed by atoms with Crippen molar-refractivity contribution in [2.45, 2.75) is 294 Å². The van der Waals surface area contributed by atoms with Crippen LogP contribution in [-0.2, 0) is 14.3 Å². The van der Waals surface area contributed by atoms with E-state index in [1.165, 1.54) is 180 Å². The highest BCUT2D eigenvalue weighted by Crippen LogP contribution is 2.23.